The van der Waals surface area contributed by atoms with Crippen LogP contribution in [-0.2, 0) is 6.42 Å². The van der Waals surface area contributed by atoms with Gasteiger partial charge in [0.2, 0.25) is 0 Å². The molecule has 0 amide bonds. The van der Waals surface area contributed by atoms with Gasteiger partial charge in [-0.05, 0) is 55.6 Å². The van der Waals surface area contributed by atoms with Gasteiger partial charge in [-0.15, -0.1) is 0 Å². The highest BCUT2D eigenvalue weighted by Crippen LogP contribution is 2.55. The Hall–Kier alpha value is -0.960. The first-order valence-corrected chi connectivity index (χ1v) is 6.33. The third-order valence-electron chi connectivity index (χ3n) is 4.39. The number of benzene rings is 1. The molecule has 3 atom stereocenters. The normalized spacial score (nSPS) is 32.3. The molecule has 92 valence electrons. The van der Waals surface area contributed by atoms with Crippen molar-refractivity contribution in [1.82, 2.24) is 0 Å². The second-order valence-corrected chi connectivity index (χ2v) is 5.56. The predicted molar refractivity (Wildman–Crippen MR) is 62.4 cm³/mol. The standard InChI is InChI=1S/C14H17F2N/c15-12-2-1-3-13(16)11(12)7-14(17)10-5-8-4-9(8)6-10/h1-3,8-10,14H,4-7,17H2. The van der Waals surface area contributed by atoms with Gasteiger partial charge in [-0.3, -0.25) is 0 Å². The fraction of sp³-hybridized carbons (Fsp3) is 0.571. The number of nitrogens with two attached hydrogens (primary N) is 1. The van der Waals surface area contributed by atoms with Crippen LogP contribution in [0.5, 0.6) is 0 Å². The summed E-state index contributed by atoms with van der Waals surface area (Å²) in [5.41, 5.74) is 6.25. The topological polar surface area (TPSA) is 26.0 Å². The monoisotopic (exact) mass is 237 g/mol. The molecule has 3 rings (SSSR count). The highest BCUT2D eigenvalue weighted by molar-refractivity contribution is 5.21. The van der Waals surface area contributed by atoms with E-state index in [1.54, 1.807) is 0 Å². The summed E-state index contributed by atoms with van der Waals surface area (Å²) in [6.45, 7) is 0. The van der Waals surface area contributed by atoms with Crippen LogP contribution in [0.25, 0.3) is 0 Å². The predicted octanol–water partition coefficient (Wildman–Crippen LogP) is 2.88. The first-order chi connectivity index (χ1) is 8.15. The third-order valence-corrected chi connectivity index (χ3v) is 4.39. The Morgan fingerprint density at radius 3 is 2.29 bits per heavy atom. The van der Waals surface area contributed by atoms with Crippen LogP contribution < -0.4 is 5.73 Å². The molecule has 2 fully saturated rings. The molecule has 1 aromatic carbocycles. The van der Waals surface area contributed by atoms with Gasteiger partial charge in [0.15, 0.2) is 0 Å². The molecule has 0 spiro atoms. The fourth-order valence-corrected chi connectivity index (χ4v) is 3.24. The molecule has 0 aromatic heterocycles. The van der Waals surface area contributed by atoms with Crippen molar-refractivity contribution in [1.29, 1.82) is 0 Å². The molecule has 3 heteroatoms. The second-order valence-electron chi connectivity index (χ2n) is 5.56. The lowest BCUT2D eigenvalue weighted by atomic mass is 9.90. The van der Waals surface area contributed by atoms with Crippen molar-refractivity contribution in [2.75, 3.05) is 0 Å². The van der Waals surface area contributed by atoms with Gasteiger partial charge in [0, 0.05) is 11.6 Å². The van der Waals surface area contributed by atoms with Gasteiger partial charge in [0.25, 0.3) is 0 Å². The Kier molecular flexibility index (Phi) is 2.66. The highest BCUT2D eigenvalue weighted by Gasteiger charge is 2.47. The molecule has 2 aliphatic rings. The Labute approximate surface area is 100 Å². The number of fused-ring (bicyclic) bond motifs is 1. The zero-order valence-electron chi connectivity index (χ0n) is 9.70. The van der Waals surface area contributed by atoms with Gasteiger partial charge in [-0.25, -0.2) is 8.78 Å². The van der Waals surface area contributed by atoms with E-state index in [4.69, 9.17) is 5.73 Å². The summed E-state index contributed by atoms with van der Waals surface area (Å²) >= 11 is 0. The van der Waals surface area contributed by atoms with E-state index in [0.29, 0.717) is 12.3 Å². The van der Waals surface area contributed by atoms with Gasteiger partial charge in [0.1, 0.15) is 11.6 Å². The zero-order valence-corrected chi connectivity index (χ0v) is 9.70. The number of rotatable bonds is 3. The first-order valence-electron chi connectivity index (χ1n) is 6.33. The maximum absolute atomic E-state index is 13.5. The van der Waals surface area contributed by atoms with Crippen LogP contribution in [0.4, 0.5) is 8.78 Å². The van der Waals surface area contributed by atoms with Gasteiger partial charge in [-0.2, -0.15) is 0 Å². The summed E-state index contributed by atoms with van der Waals surface area (Å²) in [4.78, 5) is 0. The van der Waals surface area contributed by atoms with E-state index in [2.05, 4.69) is 0 Å². The van der Waals surface area contributed by atoms with Crippen LogP contribution in [0, 0.1) is 29.4 Å². The molecule has 0 radical (unpaired) electrons. The van der Waals surface area contributed by atoms with E-state index in [1.807, 2.05) is 0 Å². The first kappa shape index (κ1) is 11.1. The molecule has 1 aromatic rings. The average molecular weight is 237 g/mol. The summed E-state index contributed by atoms with van der Waals surface area (Å²) in [6.07, 6.45) is 3.98. The minimum Gasteiger partial charge on any atom is -0.327 e. The lowest BCUT2D eigenvalue weighted by Crippen LogP contribution is -2.32. The SMILES string of the molecule is NC(Cc1c(F)cccc1F)C1CC2CC2C1. The van der Waals surface area contributed by atoms with Crippen LogP contribution >= 0.6 is 0 Å². The van der Waals surface area contributed by atoms with E-state index < -0.39 is 11.6 Å². The number of hydrogen-bond acceptors (Lipinski definition) is 1. The van der Waals surface area contributed by atoms with Crippen molar-refractivity contribution in [3.8, 4) is 0 Å². The van der Waals surface area contributed by atoms with Crippen LogP contribution in [0.3, 0.4) is 0 Å². The van der Waals surface area contributed by atoms with Crippen molar-refractivity contribution in [2.24, 2.45) is 23.5 Å². The number of hydrogen-bond donors (Lipinski definition) is 1. The number of halogens is 2. The van der Waals surface area contributed by atoms with E-state index in [0.717, 1.165) is 24.7 Å². The smallest absolute Gasteiger partial charge is 0.129 e. The van der Waals surface area contributed by atoms with Crippen LogP contribution in [-0.4, -0.2) is 6.04 Å². The summed E-state index contributed by atoms with van der Waals surface area (Å²) in [5.74, 6) is 1.23. The Bertz CT molecular complexity index is 402. The van der Waals surface area contributed by atoms with Crippen LogP contribution in [0.15, 0.2) is 18.2 Å². The lowest BCUT2D eigenvalue weighted by molar-refractivity contribution is 0.384. The van der Waals surface area contributed by atoms with Gasteiger partial charge in [0.05, 0.1) is 0 Å². The van der Waals surface area contributed by atoms with E-state index in [1.165, 1.54) is 24.6 Å². The zero-order chi connectivity index (χ0) is 12.0. The summed E-state index contributed by atoms with van der Waals surface area (Å²) in [6, 6.07) is 3.90. The summed E-state index contributed by atoms with van der Waals surface area (Å²) in [5, 5.41) is 0. The van der Waals surface area contributed by atoms with Crippen molar-refractivity contribution in [3.05, 3.63) is 35.4 Å². The largest absolute Gasteiger partial charge is 0.327 e. The molecule has 17 heavy (non-hydrogen) atoms. The molecule has 1 nitrogen and oxygen atoms in total. The van der Waals surface area contributed by atoms with Crippen LogP contribution in [0.2, 0.25) is 0 Å². The fourth-order valence-electron chi connectivity index (χ4n) is 3.24. The molecule has 0 heterocycles. The molecule has 0 saturated heterocycles. The molecule has 2 saturated carbocycles. The van der Waals surface area contributed by atoms with E-state index in [9.17, 15) is 8.78 Å². The van der Waals surface area contributed by atoms with Gasteiger partial charge >= 0.3 is 0 Å². The molecular formula is C14H17F2N. The quantitative estimate of drug-likeness (QED) is 0.859. The van der Waals surface area contributed by atoms with Crippen molar-refractivity contribution >= 4 is 0 Å². The average Bonchev–Trinajstić information content (AvgIpc) is 2.91. The molecule has 2 aliphatic carbocycles. The summed E-state index contributed by atoms with van der Waals surface area (Å²) in [7, 11) is 0. The maximum atomic E-state index is 13.5. The maximum Gasteiger partial charge on any atom is 0.129 e. The van der Waals surface area contributed by atoms with Gasteiger partial charge < -0.3 is 5.73 Å². The van der Waals surface area contributed by atoms with E-state index in [-0.39, 0.29) is 11.6 Å². The second kappa shape index (κ2) is 4.05. The summed E-state index contributed by atoms with van der Waals surface area (Å²) < 4.78 is 27.0. The minimum atomic E-state index is -0.469. The Morgan fingerprint density at radius 1 is 1.12 bits per heavy atom. The molecule has 0 aliphatic heterocycles. The van der Waals surface area contributed by atoms with Crippen LogP contribution in [0.1, 0.15) is 24.8 Å². The Morgan fingerprint density at radius 2 is 1.71 bits per heavy atom. The highest BCUT2D eigenvalue weighted by atomic mass is 19.1. The third kappa shape index (κ3) is 2.08. The van der Waals surface area contributed by atoms with Crippen molar-refractivity contribution in [2.45, 2.75) is 31.7 Å². The molecule has 0 bridgehead atoms. The van der Waals surface area contributed by atoms with Crippen molar-refractivity contribution in [3.63, 3.8) is 0 Å². The van der Waals surface area contributed by atoms with Gasteiger partial charge in [-0.1, -0.05) is 6.07 Å². The van der Waals surface area contributed by atoms with E-state index >= 15 is 0 Å². The molecule has 2 N–H and O–H groups in total. The van der Waals surface area contributed by atoms with Crippen molar-refractivity contribution < 1.29 is 8.78 Å². The Balaban J connectivity index is 1.69. The molecule has 3 unspecified atom stereocenters. The minimum absolute atomic E-state index is 0.103. The lowest BCUT2D eigenvalue weighted by Gasteiger charge is -2.21. The molecular weight excluding hydrogens is 220 g/mol.